The Morgan fingerprint density at radius 1 is 1.47 bits per heavy atom. The molecule has 19 heavy (non-hydrogen) atoms. The lowest BCUT2D eigenvalue weighted by Crippen LogP contribution is -2.33. The highest BCUT2D eigenvalue weighted by atomic mass is 35.5. The molecule has 0 saturated heterocycles. The maximum atomic E-state index is 12.0. The van der Waals surface area contributed by atoms with Crippen molar-refractivity contribution in [3.8, 4) is 0 Å². The molecule has 106 valence electrons. The molecule has 0 saturated carbocycles. The van der Waals surface area contributed by atoms with E-state index in [4.69, 9.17) is 28.9 Å². The average Bonchev–Trinajstić information content (AvgIpc) is 2.35. The van der Waals surface area contributed by atoms with Crippen LogP contribution in [0.2, 0.25) is 10.0 Å². The second-order valence-corrected chi connectivity index (χ2v) is 6.40. The number of nitrogen functional groups attached to an aromatic ring is 1. The topological polar surface area (TPSA) is 55.1 Å². The van der Waals surface area contributed by atoms with Gasteiger partial charge in [-0.2, -0.15) is 11.8 Å². The number of anilines is 1. The van der Waals surface area contributed by atoms with Crippen molar-refractivity contribution in [3.05, 3.63) is 27.7 Å². The van der Waals surface area contributed by atoms with Crippen LogP contribution in [0, 0.1) is 0 Å². The molecular formula is C13H18Cl2N2OS. The van der Waals surface area contributed by atoms with Crippen molar-refractivity contribution in [2.24, 2.45) is 0 Å². The van der Waals surface area contributed by atoms with Gasteiger partial charge >= 0.3 is 0 Å². The van der Waals surface area contributed by atoms with Crippen LogP contribution < -0.4 is 11.1 Å². The van der Waals surface area contributed by atoms with E-state index in [1.165, 1.54) is 12.1 Å². The third-order valence-electron chi connectivity index (χ3n) is 2.60. The lowest BCUT2D eigenvalue weighted by atomic mass is 10.1. The molecule has 3 N–H and O–H groups in total. The van der Waals surface area contributed by atoms with Crippen LogP contribution in [-0.2, 0) is 0 Å². The van der Waals surface area contributed by atoms with E-state index in [1.807, 2.05) is 18.7 Å². The molecular weight excluding hydrogens is 303 g/mol. The lowest BCUT2D eigenvalue weighted by molar-refractivity contribution is 0.0939. The third-order valence-corrected chi connectivity index (χ3v) is 4.34. The molecule has 0 aromatic heterocycles. The highest BCUT2D eigenvalue weighted by molar-refractivity contribution is 7.99. The number of rotatable bonds is 6. The Bertz CT molecular complexity index is 431. The minimum atomic E-state index is -0.181. The number of hydrogen-bond donors (Lipinski definition) is 2. The minimum absolute atomic E-state index is 0.113. The number of nitrogens with one attached hydrogen (secondary N) is 1. The first-order valence-electron chi connectivity index (χ1n) is 6.08. The molecule has 0 heterocycles. The molecule has 1 aromatic carbocycles. The molecule has 0 aliphatic heterocycles. The van der Waals surface area contributed by atoms with Crippen molar-refractivity contribution in [1.82, 2.24) is 5.32 Å². The molecule has 6 heteroatoms. The van der Waals surface area contributed by atoms with E-state index < -0.39 is 0 Å². The molecule has 1 amide bonds. The van der Waals surface area contributed by atoms with Gasteiger partial charge in [-0.3, -0.25) is 4.79 Å². The van der Waals surface area contributed by atoms with E-state index in [9.17, 15) is 4.79 Å². The first-order chi connectivity index (χ1) is 8.95. The summed E-state index contributed by atoms with van der Waals surface area (Å²) in [6.45, 7) is 4.10. The average molecular weight is 321 g/mol. The fourth-order valence-corrected chi connectivity index (χ4v) is 2.67. The van der Waals surface area contributed by atoms with Gasteiger partial charge in [-0.25, -0.2) is 0 Å². The van der Waals surface area contributed by atoms with E-state index >= 15 is 0 Å². The lowest BCUT2D eigenvalue weighted by Gasteiger charge is -2.14. The summed E-state index contributed by atoms with van der Waals surface area (Å²) < 4.78 is 0. The predicted molar refractivity (Wildman–Crippen MR) is 85.4 cm³/mol. The minimum Gasteiger partial charge on any atom is -0.397 e. The molecule has 1 unspecified atom stereocenters. The van der Waals surface area contributed by atoms with Crippen LogP contribution in [-0.4, -0.2) is 23.5 Å². The standard InChI is InChI=1S/C13H18Cl2N2OS/c1-3-19-5-4-8(2)17-13(18)9-6-10(14)12(15)11(16)7-9/h6-8H,3-5,16H2,1-2H3,(H,17,18). The van der Waals surface area contributed by atoms with Gasteiger partial charge in [0.15, 0.2) is 0 Å². The largest absolute Gasteiger partial charge is 0.397 e. The number of benzene rings is 1. The zero-order chi connectivity index (χ0) is 14.4. The van der Waals surface area contributed by atoms with Gasteiger partial charge in [-0.1, -0.05) is 30.1 Å². The van der Waals surface area contributed by atoms with Crippen molar-refractivity contribution in [2.75, 3.05) is 17.2 Å². The molecule has 1 aromatic rings. The fraction of sp³-hybridized carbons (Fsp3) is 0.462. The highest BCUT2D eigenvalue weighted by Crippen LogP contribution is 2.29. The molecule has 0 fully saturated rings. The summed E-state index contributed by atoms with van der Waals surface area (Å²) in [6, 6.07) is 3.18. The molecule has 0 aliphatic rings. The number of thioether (sulfide) groups is 1. The van der Waals surface area contributed by atoms with Crippen molar-refractivity contribution < 1.29 is 4.79 Å². The van der Waals surface area contributed by atoms with E-state index in [0.29, 0.717) is 16.3 Å². The number of carbonyl (C=O) groups is 1. The van der Waals surface area contributed by atoms with Gasteiger partial charge in [0.1, 0.15) is 0 Å². The summed E-state index contributed by atoms with van der Waals surface area (Å²) in [4.78, 5) is 12.0. The van der Waals surface area contributed by atoms with Crippen LogP contribution in [0.25, 0.3) is 0 Å². The Balaban J connectivity index is 2.63. The normalized spacial score (nSPS) is 12.2. The van der Waals surface area contributed by atoms with Crippen molar-refractivity contribution in [3.63, 3.8) is 0 Å². The molecule has 0 radical (unpaired) electrons. The Kier molecular flexibility index (Phi) is 6.83. The van der Waals surface area contributed by atoms with Gasteiger partial charge in [0.05, 0.1) is 15.7 Å². The van der Waals surface area contributed by atoms with Crippen molar-refractivity contribution >= 4 is 46.6 Å². The first kappa shape index (κ1) is 16.5. The molecule has 1 atom stereocenters. The summed E-state index contributed by atoms with van der Waals surface area (Å²) in [7, 11) is 0. The fourth-order valence-electron chi connectivity index (χ4n) is 1.53. The van der Waals surface area contributed by atoms with Crippen LogP contribution in [0.5, 0.6) is 0 Å². The van der Waals surface area contributed by atoms with Crippen LogP contribution in [0.1, 0.15) is 30.6 Å². The monoisotopic (exact) mass is 320 g/mol. The van der Waals surface area contributed by atoms with Gasteiger partial charge in [-0.15, -0.1) is 0 Å². The maximum Gasteiger partial charge on any atom is 0.251 e. The summed E-state index contributed by atoms with van der Waals surface area (Å²) in [5.74, 6) is 1.94. The van der Waals surface area contributed by atoms with Gasteiger partial charge < -0.3 is 11.1 Å². The zero-order valence-corrected chi connectivity index (χ0v) is 13.3. The third kappa shape index (κ3) is 5.13. The van der Waals surface area contributed by atoms with E-state index in [0.717, 1.165) is 17.9 Å². The second kappa shape index (κ2) is 7.88. The second-order valence-electron chi connectivity index (χ2n) is 4.22. The molecule has 0 spiro atoms. The summed E-state index contributed by atoms with van der Waals surface area (Å²) in [6.07, 6.45) is 0.932. The van der Waals surface area contributed by atoms with Crippen molar-refractivity contribution in [1.29, 1.82) is 0 Å². The van der Waals surface area contributed by atoms with Gasteiger partial charge in [0, 0.05) is 11.6 Å². The van der Waals surface area contributed by atoms with Crippen LogP contribution in [0.4, 0.5) is 5.69 Å². The van der Waals surface area contributed by atoms with Gasteiger partial charge in [-0.05, 0) is 37.0 Å². The number of carbonyl (C=O) groups excluding carboxylic acids is 1. The molecule has 3 nitrogen and oxygen atoms in total. The Hall–Kier alpha value is -0.580. The number of halogens is 2. The van der Waals surface area contributed by atoms with Crippen LogP contribution in [0.3, 0.4) is 0 Å². The zero-order valence-electron chi connectivity index (χ0n) is 11.0. The molecule has 1 rings (SSSR count). The van der Waals surface area contributed by atoms with E-state index in [1.54, 1.807) is 0 Å². The van der Waals surface area contributed by atoms with Gasteiger partial charge in [0.2, 0.25) is 0 Å². The van der Waals surface area contributed by atoms with Crippen LogP contribution >= 0.6 is 35.0 Å². The van der Waals surface area contributed by atoms with E-state index in [2.05, 4.69) is 12.2 Å². The summed E-state index contributed by atoms with van der Waals surface area (Å²) >= 11 is 13.6. The maximum absolute atomic E-state index is 12.0. The van der Waals surface area contributed by atoms with Gasteiger partial charge in [0.25, 0.3) is 5.91 Å². The summed E-state index contributed by atoms with van der Waals surface area (Å²) in [5.41, 5.74) is 6.43. The number of nitrogens with two attached hydrogens (primary N) is 1. The molecule has 0 bridgehead atoms. The number of amides is 1. The summed E-state index contributed by atoms with van der Waals surface area (Å²) in [5, 5.41) is 3.49. The van der Waals surface area contributed by atoms with Crippen LogP contribution in [0.15, 0.2) is 12.1 Å². The Morgan fingerprint density at radius 2 is 2.16 bits per heavy atom. The van der Waals surface area contributed by atoms with E-state index in [-0.39, 0.29) is 17.0 Å². The molecule has 0 aliphatic carbocycles. The smallest absolute Gasteiger partial charge is 0.251 e. The predicted octanol–water partition coefficient (Wildman–Crippen LogP) is 3.84. The van der Waals surface area contributed by atoms with Crippen molar-refractivity contribution in [2.45, 2.75) is 26.3 Å². The Labute approximate surface area is 128 Å². The highest BCUT2D eigenvalue weighted by Gasteiger charge is 2.13. The Morgan fingerprint density at radius 3 is 2.74 bits per heavy atom. The quantitative estimate of drug-likeness (QED) is 0.618. The SMILES string of the molecule is CCSCCC(C)NC(=O)c1cc(N)c(Cl)c(Cl)c1. The number of hydrogen-bond acceptors (Lipinski definition) is 3. The first-order valence-corrected chi connectivity index (χ1v) is 7.99.